The van der Waals surface area contributed by atoms with E-state index in [0.717, 1.165) is 39.4 Å². The van der Waals surface area contributed by atoms with Crippen molar-refractivity contribution in [1.29, 1.82) is 0 Å². The Morgan fingerprint density at radius 3 is 2.75 bits per heavy atom. The Bertz CT molecular complexity index is 1140. The monoisotopic (exact) mass is 375 g/mol. The molecule has 0 bridgehead atoms. The first-order valence-electron chi connectivity index (χ1n) is 9.03. The Morgan fingerprint density at radius 2 is 2.00 bits per heavy atom. The summed E-state index contributed by atoms with van der Waals surface area (Å²) in [6.07, 6.45) is 5.31. The number of aliphatic hydroxyl groups excluding tert-OH is 1. The fraction of sp³-hybridized carbons (Fsp3) is 0.238. The van der Waals surface area contributed by atoms with Crippen LogP contribution in [0.5, 0.6) is 5.88 Å². The van der Waals surface area contributed by atoms with Gasteiger partial charge in [-0.05, 0) is 44.0 Å². The SMILES string of the molecule is COc1cnc(-c2cccc(-n3cnc4cc(CC(C)O)cnc43)c2)c(C)n1. The topological polar surface area (TPSA) is 86.0 Å². The van der Waals surface area contributed by atoms with Crippen LogP contribution in [0.4, 0.5) is 0 Å². The molecule has 1 atom stereocenters. The molecule has 0 spiro atoms. The highest BCUT2D eigenvalue weighted by Gasteiger charge is 2.11. The molecule has 0 saturated carbocycles. The van der Waals surface area contributed by atoms with Gasteiger partial charge < -0.3 is 9.84 Å². The smallest absolute Gasteiger partial charge is 0.232 e. The zero-order valence-electron chi connectivity index (χ0n) is 16.0. The van der Waals surface area contributed by atoms with Gasteiger partial charge in [-0.15, -0.1) is 0 Å². The molecule has 1 aromatic carbocycles. The molecule has 0 saturated heterocycles. The van der Waals surface area contributed by atoms with Crippen molar-refractivity contribution in [2.45, 2.75) is 26.4 Å². The summed E-state index contributed by atoms with van der Waals surface area (Å²) in [5, 5.41) is 9.58. The van der Waals surface area contributed by atoms with E-state index < -0.39 is 6.10 Å². The molecule has 4 rings (SSSR count). The molecule has 1 N–H and O–H groups in total. The van der Waals surface area contributed by atoms with Crippen LogP contribution in [0.3, 0.4) is 0 Å². The number of aromatic nitrogens is 5. The number of ether oxygens (including phenoxy) is 1. The maximum atomic E-state index is 9.58. The predicted octanol–water partition coefficient (Wildman–Crippen LogP) is 3.12. The number of methoxy groups -OCH3 is 1. The average molecular weight is 375 g/mol. The minimum absolute atomic E-state index is 0.410. The van der Waals surface area contributed by atoms with Gasteiger partial charge in [-0.1, -0.05) is 12.1 Å². The molecule has 1 unspecified atom stereocenters. The number of imidazole rings is 1. The first-order valence-corrected chi connectivity index (χ1v) is 9.03. The van der Waals surface area contributed by atoms with E-state index in [9.17, 15) is 5.11 Å². The van der Waals surface area contributed by atoms with Gasteiger partial charge >= 0.3 is 0 Å². The van der Waals surface area contributed by atoms with Crippen LogP contribution in [0.25, 0.3) is 28.1 Å². The molecule has 3 heterocycles. The highest BCUT2D eigenvalue weighted by molar-refractivity contribution is 5.74. The van der Waals surface area contributed by atoms with Crippen molar-refractivity contribution in [3.8, 4) is 22.8 Å². The lowest BCUT2D eigenvalue weighted by atomic mass is 10.1. The van der Waals surface area contributed by atoms with Crippen LogP contribution in [-0.2, 0) is 6.42 Å². The fourth-order valence-electron chi connectivity index (χ4n) is 3.23. The second-order valence-electron chi connectivity index (χ2n) is 6.75. The van der Waals surface area contributed by atoms with Crippen LogP contribution in [-0.4, -0.2) is 42.8 Å². The molecule has 0 aliphatic heterocycles. The number of nitrogens with zero attached hydrogens (tertiary/aromatic N) is 5. The molecule has 4 aromatic rings. The largest absolute Gasteiger partial charge is 0.480 e. The van der Waals surface area contributed by atoms with Crippen LogP contribution in [0.15, 0.2) is 49.1 Å². The minimum Gasteiger partial charge on any atom is -0.480 e. The standard InChI is InChI=1S/C21H21N5O2/c1-13(27)7-15-8-18-21(23-10-15)26(12-24-18)17-6-4-5-16(9-17)20-14(2)25-19(28-3)11-22-20/h4-6,8-13,27H,7H2,1-3H3. The maximum absolute atomic E-state index is 9.58. The zero-order valence-corrected chi connectivity index (χ0v) is 16.0. The summed E-state index contributed by atoms with van der Waals surface area (Å²) in [7, 11) is 1.58. The van der Waals surface area contributed by atoms with Gasteiger partial charge in [0.1, 0.15) is 11.8 Å². The summed E-state index contributed by atoms with van der Waals surface area (Å²) in [6.45, 7) is 3.67. The van der Waals surface area contributed by atoms with E-state index in [2.05, 4.69) is 19.9 Å². The quantitative estimate of drug-likeness (QED) is 0.577. The highest BCUT2D eigenvalue weighted by Crippen LogP contribution is 2.25. The number of rotatable bonds is 5. The van der Waals surface area contributed by atoms with Crippen LogP contribution in [0.1, 0.15) is 18.2 Å². The fourth-order valence-corrected chi connectivity index (χ4v) is 3.23. The summed E-state index contributed by atoms with van der Waals surface area (Å²) in [6, 6.07) is 9.98. The van der Waals surface area contributed by atoms with E-state index in [1.165, 1.54) is 0 Å². The third-order valence-electron chi connectivity index (χ3n) is 4.51. The third-order valence-corrected chi connectivity index (χ3v) is 4.51. The summed E-state index contributed by atoms with van der Waals surface area (Å²) in [5.74, 6) is 0.496. The Morgan fingerprint density at radius 1 is 1.14 bits per heavy atom. The van der Waals surface area contributed by atoms with Crippen molar-refractivity contribution in [1.82, 2.24) is 24.5 Å². The van der Waals surface area contributed by atoms with E-state index >= 15 is 0 Å². The molecule has 142 valence electrons. The van der Waals surface area contributed by atoms with Crippen molar-refractivity contribution in [3.05, 3.63) is 60.3 Å². The normalized spacial score (nSPS) is 12.3. The molecule has 7 nitrogen and oxygen atoms in total. The summed E-state index contributed by atoms with van der Waals surface area (Å²) in [5.41, 5.74) is 6.02. The lowest BCUT2D eigenvalue weighted by molar-refractivity contribution is 0.195. The van der Waals surface area contributed by atoms with E-state index in [1.807, 2.05) is 41.8 Å². The third kappa shape index (κ3) is 3.44. The summed E-state index contributed by atoms with van der Waals surface area (Å²) >= 11 is 0. The van der Waals surface area contributed by atoms with Crippen molar-refractivity contribution < 1.29 is 9.84 Å². The van der Waals surface area contributed by atoms with Crippen molar-refractivity contribution in [3.63, 3.8) is 0 Å². The average Bonchev–Trinajstić information content (AvgIpc) is 3.10. The molecular weight excluding hydrogens is 354 g/mol. The van der Waals surface area contributed by atoms with Gasteiger partial charge in [-0.2, -0.15) is 0 Å². The van der Waals surface area contributed by atoms with Gasteiger partial charge in [-0.25, -0.2) is 19.9 Å². The second kappa shape index (κ2) is 7.36. The van der Waals surface area contributed by atoms with Gasteiger partial charge in [0.15, 0.2) is 5.65 Å². The van der Waals surface area contributed by atoms with Gasteiger partial charge in [0.05, 0.1) is 30.8 Å². The van der Waals surface area contributed by atoms with Crippen molar-refractivity contribution in [2.75, 3.05) is 7.11 Å². The number of hydrogen-bond acceptors (Lipinski definition) is 6. The molecule has 0 amide bonds. The van der Waals surface area contributed by atoms with Crippen molar-refractivity contribution in [2.24, 2.45) is 0 Å². The number of fused-ring (bicyclic) bond motifs is 1. The number of benzene rings is 1. The lowest BCUT2D eigenvalue weighted by Gasteiger charge is -2.09. The van der Waals surface area contributed by atoms with Gasteiger partial charge in [-0.3, -0.25) is 4.57 Å². The van der Waals surface area contributed by atoms with E-state index in [0.29, 0.717) is 12.3 Å². The van der Waals surface area contributed by atoms with Crippen LogP contribution < -0.4 is 4.74 Å². The summed E-state index contributed by atoms with van der Waals surface area (Å²) in [4.78, 5) is 17.9. The van der Waals surface area contributed by atoms with Gasteiger partial charge in [0.2, 0.25) is 5.88 Å². The maximum Gasteiger partial charge on any atom is 0.232 e. The molecule has 28 heavy (non-hydrogen) atoms. The Kier molecular flexibility index (Phi) is 4.75. The number of pyridine rings is 1. The van der Waals surface area contributed by atoms with Gasteiger partial charge in [0, 0.05) is 17.4 Å². The lowest BCUT2D eigenvalue weighted by Crippen LogP contribution is -2.04. The van der Waals surface area contributed by atoms with E-state index in [4.69, 9.17) is 4.74 Å². The Labute approximate surface area is 162 Å². The second-order valence-corrected chi connectivity index (χ2v) is 6.75. The summed E-state index contributed by atoms with van der Waals surface area (Å²) < 4.78 is 7.08. The molecule has 7 heteroatoms. The Hall–Kier alpha value is -3.32. The first-order chi connectivity index (χ1) is 13.5. The van der Waals surface area contributed by atoms with Gasteiger partial charge in [0.25, 0.3) is 0 Å². The van der Waals surface area contributed by atoms with E-state index in [-0.39, 0.29) is 0 Å². The van der Waals surface area contributed by atoms with Crippen LogP contribution in [0, 0.1) is 6.92 Å². The molecule has 0 fully saturated rings. The molecule has 0 radical (unpaired) electrons. The van der Waals surface area contributed by atoms with E-state index in [1.54, 1.807) is 32.8 Å². The predicted molar refractivity (Wildman–Crippen MR) is 107 cm³/mol. The zero-order chi connectivity index (χ0) is 19.7. The van der Waals surface area contributed by atoms with Crippen molar-refractivity contribution >= 4 is 11.2 Å². The first kappa shape index (κ1) is 18.1. The molecule has 0 aliphatic rings. The van der Waals surface area contributed by atoms with Crippen LogP contribution >= 0.6 is 0 Å². The number of hydrogen-bond donors (Lipinski definition) is 1. The Balaban J connectivity index is 1.74. The number of aliphatic hydroxyl groups is 1. The highest BCUT2D eigenvalue weighted by atomic mass is 16.5. The van der Waals surface area contributed by atoms with Crippen LogP contribution in [0.2, 0.25) is 0 Å². The number of aryl methyl sites for hydroxylation is 1. The molecular formula is C21H21N5O2. The molecule has 0 aliphatic carbocycles. The minimum atomic E-state index is -0.410. The molecule has 3 aromatic heterocycles.